The van der Waals surface area contributed by atoms with Gasteiger partial charge in [-0.1, -0.05) is 12.1 Å². The van der Waals surface area contributed by atoms with E-state index in [0.717, 1.165) is 0 Å². The minimum atomic E-state index is -0.821. The van der Waals surface area contributed by atoms with Crippen LogP contribution in [-0.2, 0) is 4.79 Å². The predicted octanol–water partition coefficient (Wildman–Crippen LogP) is 2.40. The monoisotopic (exact) mass is 369 g/mol. The van der Waals surface area contributed by atoms with Gasteiger partial charge in [0.2, 0.25) is 0 Å². The van der Waals surface area contributed by atoms with E-state index < -0.39 is 11.0 Å². The fourth-order valence-corrected chi connectivity index (χ4v) is 2.99. The van der Waals surface area contributed by atoms with Crippen LogP contribution in [0.5, 0.6) is 5.75 Å². The smallest absolute Gasteiger partial charge is 0.272 e. The number of para-hydroxylation sites is 2. The molecule has 0 radical (unpaired) electrons. The van der Waals surface area contributed by atoms with Gasteiger partial charge in [0.25, 0.3) is 17.5 Å². The van der Waals surface area contributed by atoms with Crippen LogP contribution in [-0.4, -0.2) is 48.4 Å². The molecule has 0 aliphatic carbocycles. The number of hydrogen-bond acceptors (Lipinski definition) is 5. The Kier molecular flexibility index (Phi) is 4.81. The second-order valence-corrected chi connectivity index (χ2v) is 6.48. The van der Waals surface area contributed by atoms with E-state index in [-0.39, 0.29) is 24.0 Å². The molecule has 27 heavy (non-hydrogen) atoms. The summed E-state index contributed by atoms with van der Waals surface area (Å²) >= 11 is 0. The van der Waals surface area contributed by atoms with Crippen molar-refractivity contribution in [3.8, 4) is 5.75 Å². The molecule has 1 aliphatic rings. The second-order valence-electron chi connectivity index (χ2n) is 6.48. The first-order valence-electron chi connectivity index (χ1n) is 8.33. The van der Waals surface area contributed by atoms with Gasteiger partial charge in [0.15, 0.2) is 6.10 Å². The third kappa shape index (κ3) is 3.46. The molecule has 2 aromatic rings. The number of carbonyl (C=O) groups is 2. The molecule has 0 bridgehead atoms. The number of nitro groups is 1. The Labute approximate surface area is 156 Å². The Morgan fingerprint density at radius 1 is 1.22 bits per heavy atom. The van der Waals surface area contributed by atoms with Crippen LogP contribution in [0.2, 0.25) is 0 Å². The number of fused-ring (bicyclic) bond motifs is 1. The molecule has 2 aromatic carbocycles. The number of rotatable bonds is 3. The molecule has 0 N–H and O–H groups in total. The van der Waals surface area contributed by atoms with Gasteiger partial charge in [-0.25, -0.2) is 0 Å². The van der Waals surface area contributed by atoms with Crippen LogP contribution in [0.4, 0.5) is 11.4 Å². The van der Waals surface area contributed by atoms with E-state index in [1.807, 2.05) is 0 Å². The Balaban J connectivity index is 1.98. The lowest BCUT2D eigenvalue weighted by Crippen LogP contribution is -2.50. The maximum absolute atomic E-state index is 13.1. The van der Waals surface area contributed by atoms with Crippen molar-refractivity contribution in [3.05, 3.63) is 63.7 Å². The summed E-state index contributed by atoms with van der Waals surface area (Å²) in [5.41, 5.74) is 1.22. The maximum atomic E-state index is 13.1. The van der Waals surface area contributed by atoms with Crippen molar-refractivity contribution in [3.63, 3.8) is 0 Å². The highest BCUT2D eigenvalue weighted by Gasteiger charge is 2.35. The number of nitro benzene ring substituents is 1. The zero-order chi connectivity index (χ0) is 19.7. The van der Waals surface area contributed by atoms with Gasteiger partial charge in [-0.15, -0.1) is 0 Å². The van der Waals surface area contributed by atoms with E-state index in [4.69, 9.17) is 4.74 Å². The Bertz CT molecular complexity index is 925. The Morgan fingerprint density at radius 2 is 1.93 bits per heavy atom. The van der Waals surface area contributed by atoms with Crippen LogP contribution in [0.3, 0.4) is 0 Å². The molecular formula is C19H19N3O5. The van der Waals surface area contributed by atoms with Gasteiger partial charge < -0.3 is 14.5 Å². The minimum absolute atomic E-state index is 0.0467. The summed E-state index contributed by atoms with van der Waals surface area (Å²) in [6, 6.07) is 11.2. The quantitative estimate of drug-likeness (QED) is 0.612. The molecule has 0 saturated heterocycles. The Morgan fingerprint density at radius 3 is 2.56 bits per heavy atom. The van der Waals surface area contributed by atoms with Gasteiger partial charge in [-0.3, -0.25) is 19.7 Å². The molecule has 8 heteroatoms. The number of anilines is 1. The zero-order valence-electron chi connectivity index (χ0n) is 15.2. The van der Waals surface area contributed by atoms with Crippen LogP contribution < -0.4 is 9.64 Å². The number of nitrogens with zero attached hydrogens (tertiary/aromatic N) is 3. The summed E-state index contributed by atoms with van der Waals surface area (Å²) in [6.45, 7) is 1.64. The molecule has 0 aromatic heterocycles. The highest BCUT2D eigenvalue weighted by molar-refractivity contribution is 6.08. The van der Waals surface area contributed by atoms with Crippen molar-refractivity contribution in [2.45, 2.75) is 13.0 Å². The maximum Gasteiger partial charge on any atom is 0.272 e. The molecular weight excluding hydrogens is 350 g/mol. The molecule has 0 unspecified atom stereocenters. The molecule has 2 amide bonds. The lowest BCUT2D eigenvalue weighted by Gasteiger charge is -2.35. The largest absolute Gasteiger partial charge is 0.476 e. The molecule has 1 heterocycles. The van der Waals surface area contributed by atoms with Crippen molar-refractivity contribution in [2.24, 2.45) is 0 Å². The van der Waals surface area contributed by atoms with E-state index >= 15 is 0 Å². The number of ether oxygens (including phenoxy) is 1. The van der Waals surface area contributed by atoms with Crippen LogP contribution in [0.1, 0.15) is 15.9 Å². The minimum Gasteiger partial charge on any atom is -0.476 e. The normalized spacial score (nSPS) is 15.5. The fraction of sp³-hybridized carbons (Fsp3) is 0.263. The first-order chi connectivity index (χ1) is 12.8. The van der Waals surface area contributed by atoms with Gasteiger partial charge in [0.05, 0.1) is 17.2 Å². The molecule has 140 valence electrons. The highest BCUT2D eigenvalue weighted by Crippen LogP contribution is 2.34. The van der Waals surface area contributed by atoms with Gasteiger partial charge >= 0.3 is 0 Å². The summed E-state index contributed by atoms with van der Waals surface area (Å²) < 4.78 is 5.77. The third-order valence-electron chi connectivity index (χ3n) is 4.38. The molecule has 1 aliphatic heterocycles. The van der Waals surface area contributed by atoms with Crippen molar-refractivity contribution in [1.82, 2.24) is 4.90 Å². The summed E-state index contributed by atoms with van der Waals surface area (Å²) in [5.74, 6) is -0.154. The van der Waals surface area contributed by atoms with Gasteiger partial charge in [0.1, 0.15) is 5.75 Å². The van der Waals surface area contributed by atoms with Crippen molar-refractivity contribution in [2.75, 3.05) is 25.5 Å². The SMILES string of the molecule is Cc1cc(C(=O)N2C[C@@H](C(=O)N(C)C)Oc3ccccc32)ccc1[N+](=O)[O-]. The van der Waals surface area contributed by atoms with E-state index in [1.165, 1.54) is 28.0 Å². The molecule has 0 fully saturated rings. The van der Waals surface area contributed by atoms with E-state index in [0.29, 0.717) is 22.6 Å². The number of hydrogen-bond donors (Lipinski definition) is 0. The lowest BCUT2D eigenvalue weighted by molar-refractivity contribution is -0.385. The molecule has 0 saturated carbocycles. The topological polar surface area (TPSA) is 93.0 Å². The summed E-state index contributed by atoms with van der Waals surface area (Å²) in [5, 5.41) is 11.0. The highest BCUT2D eigenvalue weighted by atomic mass is 16.6. The predicted molar refractivity (Wildman–Crippen MR) is 99.1 cm³/mol. The van der Waals surface area contributed by atoms with Crippen LogP contribution >= 0.6 is 0 Å². The van der Waals surface area contributed by atoms with Crippen LogP contribution in [0, 0.1) is 17.0 Å². The number of benzene rings is 2. The zero-order valence-corrected chi connectivity index (χ0v) is 15.2. The van der Waals surface area contributed by atoms with E-state index in [1.54, 1.807) is 45.3 Å². The van der Waals surface area contributed by atoms with Gasteiger partial charge in [-0.05, 0) is 31.2 Å². The number of aryl methyl sites for hydroxylation is 1. The fourth-order valence-electron chi connectivity index (χ4n) is 2.99. The molecule has 0 spiro atoms. The first-order valence-corrected chi connectivity index (χ1v) is 8.33. The van der Waals surface area contributed by atoms with Gasteiger partial charge in [0, 0.05) is 31.3 Å². The van der Waals surface area contributed by atoms with Crippen LogP contribution in [0.25, 0.3) is 0 Å². The lowest BCUT2D eigenvalue weighted by atomic mass is 10.1. The Hall–Kier alpha value is -3.42. The average Bonchev–Trinajstić information content (AvgIpc) is 2.65. The van der Waals surface area contributed by atoms with E-state index in [9.17, 15) is 19.7 Å². The standard InChI is InChI=1S/C19H19N3O5/c1-12-10-13(8-9-14(12)22(25)26)18(23)21-11-17(19(24)20(2)3)27-16-7-5-4-6-15(16)21/h4-10,17H,11H2,1-3H3/t17-/m0/s1. The number of likely N-dealkylation sites (N-methyl/N-ethyl adjacent to an activating group) is 1. The third-order valence-corrected chi connectivity index (χ3v) is 4.38. The summed E-state index contributed by atoms with van der Waals surface area (Å²) in [4.78, 5) is 38.9. The number of amides is 2. The van der Waals surface area contributed by atoms with Crippen molar-refractivity contribution < 1.29 is 19.2 Å². The molecule has 1 atom stereocenters. The van der Waals surface area contributed by atoms with Gasteiger partial charge in [-0.2, -0.15) is 0 Å². The molecule has 3 rings (SSSR count). The second kappa shape index (κ2) is 7.06. The summed E-state index contributed by atoms with van der Waals surface area (Å²) in [6.07, 6.45) is -0.821. The first kappa shape index (κ1) is 18.4. The molecule has 8 nitrogen and oxygen atoms in total. The summed E-state index contributed by atoms with van der Waals surface area (Å²) in [7, 11) is 3.25. The van der Waals surface area contributed by atoms with Crippen molar-refractivity contribution in [1.29, 1.82) is 0 Å². The van der Waals surface area contributed by atoms with Crippen LogP contribution in [0.15, 0.2) is 42.5 Å². The number of carbonyl (C=O) groups excluding carboxylic acids is 2. The average molecular weight is 369 g/mol. The van der Waals surface area contributed by atoms with E-state index in [2.05, 4.69) is 0 Å². The van der Waals surface area contributed by atoms with Crippen molar-refractivity contribution >= 4 is 23.2 Å².